The van der Waals surface area contributed by atoms with Crippen molar-refractivity contribution in [2.75, 3.05) is 0 Å². The van der Waals surface area contributed by atoms with Gasteiger partial charge in [-0.15, -0.1) is 0 Å². The van der Waals surface area contributed by atoms with E-state index < -0.39 is 0 Å². The van der Waals surface area contributed by atoms with Gasteiger partial charge in [-0.2, -0.15) is 0 Å². The van der Waals surface area contributed by atoms with Crippen molar-refractivity contribution in [2.45, 2.75) is 0 Å². The molecule has 1 N–H and O–H groups in total. The quantitative estimate of drug-likeness (QED) is 0.568. The van der Waals surface area contributed by atoms with Crippen LogP contribution < -0.4 is 5.56 Å². The Hall–Kier alpha value is -0.370. The number of aromatic nitrogens is 2. The summed E-state index contributed by atoms with van der Waals surface area (Å²) in [6.45, 7) is 0. The van der Waals surface area contributed by atoms with Gasteiger partial charge in [-0.25, -0.2) is 0 Å². The largest absolute Gasteiger partial charge is 0.494 e. The first-order chi connectivity index (χ1) is 5.46. The second kappa shape index (κ2) is 3.17. The SMILES string of the molecule is Cn1c(O)c(I)c(=O)n(C)c1=S. The Morgan fingerprint density at radius 2 is 1.92 bits per heavy atom. The molecule has 0 saturated heterocycles. The summed E-state index contributed by atoms with van der Waals surface area (Å²) >= 11 is 6.68. The number of rotatable bonds is 0. The topological polar surface area (TPSA) is 47.2 Å². The molecule has 0 aromatic carbocycles. The van der Waals surface area contributed by atoms with Crippen molar-refractivity contribution in [2.24, 2.45) is 14.1 Å². The lowest BCUT2D eigenvalue weighted by atomic mass is 10.6. The molecule has 4 nitrogen and oxygen atoms in total. The summed E-state index contributed by atoms with van der Waals surface area (Å²) in [4.78, 5) is 11.3. The van der Waals surface area contributed by atoms with Crippen molar-refractivity contribution in [1.29, 1.82) is 0 Å². The van der Waals surface area contributed by atoms with Crippen molar-refractivity contribution in [3.63, 3.8) is 0 Å². The summed E-state index contributed by atoms with van der Waals surface area (Å²) in [5, 5.41) is 9.37. The van der Waals surface area contributed by atoms with Crippen LogP contribution in [0.5, 0.6) is 5.88 Å². The van der Waals surface area contributed by atoms with Gasteiger partial charge in [-0.05, 0) is 34.8 Å². The summed E-state index contributed by atoms with van der Waals surface area (Å²) in [5.41, 5.74) is -0.267. The lowest BCUT2D eigenvalue weighted by Gasteiger charge is -2.07. The molecular weight excluding hydrogens is 291 g/mol. The minimum atomic E-state index is -0.267. The highest BCUT2D eigenvalue weighted by Crippen LogP contribution is 2.13. The summed E-state index contributed by atoms with van der Waals surface area (Å²) in [6.07, 6.45) is 0. The van der Waals surface area contributed by atoms with E-state index in [4.69, 9.17) is 12.2 Å². The molecule has 12 heavy (non-hydrogen) atoms. The van der Waals surface area contributed by atoms with E-state index in [9.17, 15) is 9.90 Å². The fourth-order valence-corrected chi connectivity index (χ4v) is 1.69. The van der Waals surface area contributed by atoms with Gasteiger partial charge in [0.05, 0.1) is 0 Å². The summed E-state index contributed by atoms with van der Waals surface area (Å²) in [7, 11) is 3.19. The molecular formula is C6H7IN2O2S. The van der Waals surface area contributed by atoms with Gasteiger partial charge in [-0.1, -0.05) is 0 Å². The first-order valence-corrected chi connectivity index (χ1v) is 4.60. The van der Waals surface area contributed by atoms with Gasteiger partial charge in [0.1, 0.15) is 3.57 Å². The number of hydrogen-bond donors (Lipinski definition) is 1. The predicted octanol–water partition coefficient (Wildman–Crippen LogP) is 0.763. The van der Waals surface area contributed by atoms with Crippen molar-refractivity contribution in [3.05, 3.63) is 18.7 Å². The zero-order valence-electron chi connectivity index (χ0n) is 6.54. The van der Waals surface area contributed by atoms with Gasteiger partial charge in [0.15, 0.2) is 4.77 Å². The van der Waals surface area contributed by atoms with Crippen molar-refractivity contribution in [3.8, 4) is 5.88 Å². The van der Waals surface area contributed by atoms with E-state index in [1.807, 2.05) is 0 Å². The monoisotopic (exact) mass is 298 g/mol. The second-order valence-electron chi connectivity index (χ2n) is 2.34. The first-order valence-electron chi connectivity index (χ1n) is 3.11. The van der Waals surface area contributed by atoms with Gasteiger partial charge in [0.2, 0.25) is 5.88 Å². The fourth-order valence-electron chi connectivity index (χ4n) is 0.793. The molecule has 1 aromatic rings. The molecule has 1 rings (SSSR count). The molecule has 1 heterocycles. The van der Waals surface area contributed by atoms with Crippen LogP contribution in [0.1, 0.15) is 0 Å². The van der Waals surface area contributed by atoms with E-state index in [2.05, 4.69) is 0 Å². The highest BCUT2D eigenvalue weighted by atomic mass is 127. The normalized spacial score (nSPS) is 10.2. The second-order valence-corrected chi connectivity index (χ2v) is 3.79. The molecule has 0 aliphatic carbocycles. The van der Waals surface area contributed by atoms with Crippen LogP contribution in [0.15, 0.2) is 4.79 Å². The summed E-state index contributed by atoms with van der Waals surface area (Å²) < 4.78 is 3.29. The minimum absolute atomic E-state index is 0.0799. The average Bonchev–Trinajstić information content (AvgIpc) is 2.08. The smallest absolute Gasteiger partial charge is 0.271 e. The Labute approximate surface area is 87.6 Å². The van der Waals surface area contributed by atoms with Gasteiger partial charge in [-0.3, -0.25) is 13.9 Å². The van der Waals surface area contributed by atoms with Crippen molar-refractivity contribution < 1.29 is 5.11 Å². The van der Waals surface area contributed by atoms with E-state index >= 15 is 0 Å². The van der Waals surface area contributed by atoms with Crippen LogP contribution in [0.3, 0.4) is 0 Å². The number of aromatic hydroxyl groups is 1. The molecule has 0 bridgehead atoms. The molecule has 0 aliphatic rings. The molecule has 0 radical (unpaired) electrons. The van der Waals surface area contributed by atoms with E-state index in [-0.39, 0.29) is 15.0 Å². The van der Waals surface area contributed by atoms with Gasteiger partial charge in [0, 0.05) is 14.1 Å². The molecule has 0 spiro atoms. The molecule has 0 saturated carbocycles. The molecule has 0 aliphatic heterocycles. The third-order valence-corrected chi connectivity index (χ3v) is 3.07. The van der Waals surface area contributed by atoms with Crippen molar-refractivity contribution in [1.82, 2.24) is 9.13 Å². The molecule has 0 fully saturated rings. The Bertz CT molecular complexity index is 397. The first kappa shape index (κ1) is 9.72. The maximum absolute atomic E-state index is 11.3. The minimum Gasteiger partial charge on any atom is -0.494 e. The van der Waals surface area contributed by atoms with Crippen LogP contribution >= 0.6 is 34.8 Å². The Morgan fingerprint density at radius 3 is 2.42 bits per heavy atom. The van der Waals surface area contributed by atoms with Crippen LogP contribution in [-0.2, 0) is 14.1 Å². The van der Waals surface area contributed by atoms with Crippen LogP contribution in [0.2, 0.25) is 0 Å². The Kier molecular flexibility index (Phi) is 2.57. The Balaban J connectivity index is 3.86. The number of halogens is 1. The maximum atomic E-state index is 11.3. The summed E-state index contributed by atoms with van der Waals surface area (Å²) in [6, 6.07) is 0. The third-order valence-electron chi connectivity index (χ3n) is 1.58. The van der Waals surface area contributed by atoms with E-state index in [0.29, 0.717) is 4.77 Å². The van der Waals surface area contributed by atoms with Crippen LogP contribution in [0, 0.1) is 8.34 Å². The fraction of sp³-hybridized carbons (Fsp3) is 0.333. The van der Waals surface area contributed by atoms with Gasteiger partial charge < -0.3 is 5.11 Å². The molecule has 66 valence electrons. The predicted molar refractivity (Wildman–Crippen MR) is 55.9 cm³/mol. The summed E-state index contributed by atoms with van der Waals surface area (Å²) in [5.74, 6) is -0.0799. The van der Waals surface area contributed by atoms with Crippen LogP contribution in [0.4, 0.5) is 0 Å². The average molecular weight is 298 g/mol. The zero-order chi connectivity index (χ0) is 9.46. The lowest BCUT2D eigenvalue weighted by Crippen LogP contribution is -2.23. The van der Waals surface area contributed by atoms with Crippen LogP contribution in [0.25, 0.3) is 0 Å². The zero-order valence-corrected chi connectivity index (χ0v) is 9.51. The maximum Gasteiger partial charge on any atom is 0.271 e. The highest BCUT2D eigenvalue weighted by molar-refractivity contribution is 14.1. The van der Waals surface area contributed by atoms with E-state index in [1.165, 1.54) is 9.13 Å². The third kappa shape index (κ3) is 1.28. The number of hydrogen-bond acceptors (Lipinski definition) is 3. The highest BCUT2D eigenvalue weighted by Gasteiger charge is 2.08. The number of nitrogens with zero attached hydrogens (tertiary/aromatic N) is 2. The Morgan fingerprint density at radius 1 is 1.42 bits per heavy atom. The van der Waals surface area contributed by atoms with Gasteiger partial charge >= 0.3 is 0 Å². The molecule has 0 amide bonds. The van der Waals surface area contributed by atoms with Gasteiger partial charge in [0.25, 0.3) is 5.56 Å². The standard InChI is InChI=1S/C6H7IN2O2S/c1-8-4(10)3(7)5(11)9(2)6(8)12/h10H,1-2H3. The molecule has 1 aromatic heterocycles. The van der Waals surface area contributed by atoms with E-state index in [0.717, 1.165) is 0 Å². The van der Waals surface area contributed by atoms with Crippen molar-refractivity contribution >= 4 is 34.8 Å². The molecule has 0 atom stereocenters. The van der Waals surface area contributed by atoms with E-state index in [1.54, 1.807) is 36.7 Å². The molecule has 6 heteroatoms. The lowest BCUT2D eigenvalue weighted by molar-refractivity contribution is 0.411. The molecule has 0 unspecified atom stereocenters. The van der Waals surface area contributed by atoms with Crippen LogP contribution in [-0.4, -0.2) is 14.2 Å².